The van der Waals surface area contributed by atoms with Gasteiger partial charge in [-0.2, -0.15) is 0 Å². The number of hydrogen-bond donors (Lipinski definition) is 0. The van der Waals surface area contributed by atoms with Crippen LogP contribution in [0.1, 0.15) is 26.3 Å². The van der Waals surface area contributed by atoms with Crippen LogP contribution in [-0.2, 0) is 6.61 Å². The van der Waals surface area contributed by atoms with Crippen LogP contribution in [0.15, 0.2) is 73.1 Å². The molecule has 180 valence electrons. The van der Waals surface area contributed by atoms with E-state index in [1.54, 1.807) is 30.6 Å². The molecule has 0 saturated carbocycles. The fraction of sp³-hybridized carbons (Fsp3) is 0.296. The van der Waals surface area contributed by atoms with Gasteiger partial charge in [-0.05, 0) is 48.0 Å². The van der Waals surface area contributed by atoms with E-state index < -0.39 is 0 Å². The van der Waals surface area contributed by atoms with E-state index in [0.717, 1.165) is 24.2 Å². The minimum Gasteiger partial charge on any atom is -0.487 e. The first kappa shape index (κ1) is 23.3. The van der Waals surface area contributed by atoms with E-state index >= 15 is 0 Å². The first-order valence-electron chi connectivity index (χ1n) is 11.8. The molecule has 0 spiro atoms. The van der Waals surface area contributed by atoms with Crippen molar-refractivity contribution in [1.29, 1.82) is 0 Å². The predicted octanol–water partition coefficient (Wildman–Crippen LogP) is 3.60. The molecule has 2 saturated heterocycles. The number of ether oxygens (including phenoxy) is 1. The van der Waals surface area contributed by atoms with Crippen LogP contribution in [0.5, 0.6) is 5.75 Å². The molecule has 5 rings (SSSR count). The minimum atomic E-state index is -0.0262. The van der Waals surface area contributed by atoms with Crippen LogP contribution in [0.3, 0.4) is 0 Å². The molecule has 0 unspecified atom stereocenters. The molecule has 0 radical (unpaired) electrons. The molecule has 1 aromatic heterocycles. The average Bonchev–Trinajstić information content (AvgIpc) is 2.88. The lowest BCUT2D eigenvalue weighted by atomic mass is 10.0. The van der Waals surface area contributed by atoms with Crippen molar-refractivity contribution in [2.75, 3.05) is 39.3 Å². The standard InChI is InChI=1S/C27H27ClN4O3/c28-24-16-22(6-7-25(24)35-19-20-8-10-29-11-9-20)27(34)32-17-23(18-32)30-12-14-31(15-13-30)26(33)21-4-2-1-3-5-21/h1-11,16,23H,12-15,17-19H2. The third-order valence-corrected chi connectivity index (χ3v) is 6.91. The average molecular weight is 491 g/mol. The molecule has 0 aliphatic carbocycles. The van der Waals surface area contributed by atoms with Crippen molar-refractivity contribution in [3.8, 4) is 5.75 Å². The van der Waals surface area contributed by atoms with Gasteiger partial charge in [0.1, 0.15) is 12.4 Å². The molecule has 3 heterocycles. The zero-order valence-electron chi connectivity index (χ0n) is 19.3. The summed E-state index contributed by atoms with van der Waals surface area (Å²) in [5.74, 6) is 0.604. The molecule has 0 atom stereocenters. The highest BCUT2D eigenvalue weighted by Crippen LogP contribution is 2.28. The lowest BCUT2D eigenvalue weighted by molar-refractivity contribution is 0.00853. The molecule has 35 heavy (non-hydrogen) atoms. The Bertz CT molecular complexity index is 1180. The highest BCUT2D eigenvalue weighted by atomic mass is 35.5. The highest BCUT2D eigenvalue weighted by molar-refractivity contribution is 6.32. The summed E-state index contributed by atoms with van der Waals surface area (Å²) in [5, 5.41) is 0.418. The van der Waals surface area contributed by atoms with Gasteiger partial charge in [0.15, 0.2) is 0 Å². The number of piperazine rings is 1. The van der Waals surface area contributed by atoms with Crippen LogP contribution >= 0.6 is 11.6 Å². The van der Waals surface area contributed by atoms with E-state index in [1.165, 1.54) is 0 Å². The Hall–Kier alpha value is -3.42. The number of pyridine rings is 1. The van der Waals surface area contributed by atoms with E-state index in [4.69, 9.17) is 16.3 Å². The molecule has 7 nitrogen and oxygen atoms in total. The van der Waals surface area contributed by atoms with Crippen molar-refractivity contribution in [1.82, 2.24) is 19.7 Å². The summed E-state index contributed by atoms with van der Waals surface area (Å²) < 4.78 is 5.79. The molecule has 0 N–H and O–H groups in total. The molecule has 8 heteroatoms. The number of likely N-dealkylation sites (tertiary alicyclic amines) is 1. The van der Waals surface area contributed by atoms with Crippen molar-refractivity contribution < 1.29 is 14.3 Å². The molecular formula is C27H27ClN4O3. The lowest BCUT2D eigenvalue weighted by Gasteiger charge is -2.48. The molecule has 2 fully saturated rings. The van der Waals surface area contributed by atoms with Gasteiger partial charge in [-0.25, -0.2) is 0 Å². The number of carbonyl (C=O) groups is 2. The summed E-state index contributed by atoms with van der Waals surface area (Å²) in [6, 6.07) is 18.7. The number of halogens is 1. The summed E-state index contributed by atoms with van der Waals surface area (Å²) >= 11 is 6.39. The van der Waals surface area contributed by atoms with Gasteiger partial charge in [-0.3, -0.25) is 19.5 Å². The second-order valence-corrected chi connectivity index (χ2v) is 9.25. The minimum absolute atomic E-state index is 0.0262. The second-order valence-electron chi connectivity index (χ2n) is 8.85. The quantitative estimate of drug-likeness (QED) is 0.528. The van der Waals surface area contributed by atoms with Crippen molar-refractivity contribution >= 4 is 23.4 Å². The Morgan fingerprint density at radius 3 is 2.23 bits per heavy atom. The lowest BCUT2D eigenvalue weighted by Crippen LogP contribution is -2.64. The molecule has 3 aromatic rings. The zero-order chi connectivity index (χ0) is 24.2. The van der Waals surface area contributed by atoms with Gasteiger partial charge in [0, 0.05) is 68.8 Å². The summed E-state index contributed by atoms with van der Waals surface area (Å²) in [5.41, 5.74) is 2.28. The Morgan fingerprint density at radius 2 is 1.54 bits per heavy atom. The summed E-state index contributed by atoms with van der Waals surface area (Å²) in [4.78, 5) is 35.7. The number of carbonyl (C=O) groups excluding carboxylic acids is 2. The number of hydrogen-bond acceptors (Lipinski definition) is 5. The molecular weight excluding hydrogens is 464 g/mol. The topological polar surface area (TPSA) is 66.0 Å². The van der Waals surface area contributed by atoms with E-state index in [0.29, 0.717) is 55.2 Å². The first-order chi connectivity index (χ1) is 17.1. The van der Waals surface area contributed by atoms with Crippen LogP contribution in [-0.4, -0.2) is 76.8 Å². The molecule has 0 bridgehead atoms. The summed E-state index contributed by atoms with van der Waals surface area (Å²) in [6.45, 7) is 4.80. The normalized spacial score (nSPS) is 16.6. The van der Waals surface area contributed by atoms with Crippen LogP contribution in [0, 0.1) is 0 Å². The number of nitrogens with zero attached hydrogens (tertiary/aromatic N) is 4. The van der Waals surface area contributed by atoms with Crippen molar-refractivity contribution in [2.24, 2.45) is 0 Å². The summed E-state index contributed by atoms with van der Waals surface area (Å²) in [6.07, 6.45) is 3.43. The largest absolute Gasteiger partial charge is 0.487 e. The molecule has 2 aliphatic heterocycles. The Labute approximate surface area is 209 Å². The van der Waals surface area contributed by atoms with Crippen LogP contribution in [0.4, 0.5) is 0 Å². The predicted molar refractivity (Wildman–Crippen MR) is 134 cm³/mol. The maximum absolute atomic E-state index is 12.9. The fourth-order valence-corrected chi connectivity index (χ4v) is 4.71. The number of rotatable bonds is 6. The third-order valence-electron chi connectivity index (χ3n) is 6.61. The van der Waals surface area contributed by atoms with Gasteiger partial charge in [0.2, 0.25) is 0 Å². The van der Waals surface area contributed by atoms with Crippen LogP contribution in [0.2, 0.25) is 5.02 Å². The maximum Gasteiger partial charge on any atom is 0.254 e. The monoisotopic (exact) mass is 490 g/mol. The van der Waals surface area contributed by atoms with E-state index in [1.807, 2.05) is 52.3 Å². The SMILES string of the molecule is O=C(c1ccccc1)N1CCN(C2CN(C(=O)c3ccc(OCc4ccncc4)c(Cl)c3)C2)CC1. The first-order valence-corrected chi connectivity index (χ1v) is 12.1. The van der Waals surface area contributed by atoms with E-state index in [2.05, 4.69) is 9.88 Å². The third kappa shape index (κ3) is 5.31. The summed E-state index contributed by atoms with van der Waals surface area (Å²) in [7, 11) is 0. The molecule has 2 aliphatic rings. The maximum atomic E-state index is 12.9. The van der Waals surface area contributed by atoms with Gasteiger partial charge in [-0.15, -0.1) is 0 Å². The van der Waals surface area contributed by atoms with Gasteiger partial charge in [0.25, 0.3) is 11.8 Å². The Kier molecular flexibility index (Phi) is 6.97. The van der Waals surface area contributed by atoms with Gasteiger partial charge < -0.3 is 14.5 Å². The van der Waals surface area contributed by atoms with Crippen LogP contribution in [0.25, 0.3) is 0 Å². The van der Waals surface area contributed by atoms with Crippen molar-refractivity contribution in [3.05, 3.63) is 94.8 Å². The number of benzene rings is 2. The van der Waals surface area contributed by atoms with Gasteiger partial charge in [-0.1, -0.05) is 29.8 Å². The van der Waals surface area contributed by atoms with E-state index in [9.17, 15) is 9.59 Å². The van der Waals surface area contributed by atoms with E-state index in [-0.39, 0.29) is 11.8 Å². The molecule has 2 amide bonds. The van der Waals surface area contributed by atoms with Gasteiger partial charge in [0.05, 0.1) is 5.02 Å². The van der Waals surface area contributed by atoms with Crippen LogP contribution < -0.4 is 4.74 Å². The Morgan fingerprint density at radius 1 is 0.857 bits per heavy atom. The zero-order valence-corrected chi connectivity index (χ0v) is 20.1. The smallest absolute Gasteiger partial charge is 0.254 e. The number of amides is 2. The number of aromatic nitrogens is 1. The Balaban J connectivity index is 1.09. The second kappa shape index (κ2) is 10.5. The van der Waals surface area contributed by atoms with Crippen molar-refractivity contribution in [3.63, 3.8) is 0 Å². The van der Waals surface area contributed by atoms with Crippen molar-refractivity contribution in [2.45, 2.75) is 12.6 Å². The fourth-order valence-electron chi connectivity index (χ4n) is 4.48. The van der Waals surface area contributed by atoms with Gasteiger partial charge >= 0.3 is 0 Å². The highest BCUT2D eigenvalue weighted by Gasteiger charge is 2.37. The molecule has 2 aromatic carbocycles.